The van der Waals surface area contributed by atoms with Gasteiger partial charge < -0.3 is 4.84 Å². The highest BCUT2D eigenvalue weighted by Crippen LogP contribution is 2.08. The monoisotopic (exact) mass is 207 g/mol. The van der Waals surface area contributed by atoms with Crippen molar-refractivity contribution in [3.8, 4) is 12.3 Å². The van der Waals surface area contributed by atoms with Crippen LogP contribution in [0.2, 0.25) is 5.02 Å². The summed E-state index contributed by atoms with van der Waals surface area (Å²) >= 11 is 5.78. The fourth-order valence-electron chi connectivity index (χ4n) is 0.842. The van der Waals surface area contributed by atoms with Gasteiger partial charge in [0.1, 0.15) is 6.61 Å². The molecule has 1 aromatic carbocycles. The minimum absolute atomic E-state index is 0.438. The van der Waals surface area contributed by atoms with Gasteiger partial charge in [0.05, 0.1) is 6.21 Å². The number of rotatable bonds is 4. The van der Waals surface area contributed by atoms with Crippen molar-refractivity contribution in [2.75, 3.05) is 6.61 Å². The Kier molecular flexibility index (Phi) is 4.60. The smallest absolute Gasteiger partial charge is 0.128 e. The van der Waals surface area contributed by atoms with E-state index in [9.17, 15) is 0 Å². The fourth-order valence-corrected chi connectivity index (χ4v) is 1.04. The maximum atomic E-state index is 5.78. The van der Waals surface area contributed by atoms with E-state index in [0.29, 0.717) is 18.1 Å². The third-order valence-corrected chi connectivity index (χ3v) is 1.70. The first-order valence-corrected chi connectivity index (χ1v) is 4.55. The maximum Gasteiger partial charge on any atom is 0.128 e. The van der Waals surface area contributed by atoms with Crippen molar-refractivity contribution < 1.29 is 4.84 Å². The Morgan fingerprint density at radius 3 is 3.14 bits per heavy atom. The SMILES string of the molecule is C#CCCON=Cc1cccc(Cl)c1. The molecule has 0 radical (unpaired) electrons. The van der Waals surface area contributed by atoms with Gasteiger partial charge in [-0.2, -0.15) is 0 Å². The van der Waals surface area contributed by atoms with Crippen molar-refractivity contribution in [2.45, 2.75) is 6.42 Å². The molecule has 2 nitrogen and oxygen atoms in total. The van der Waals surface area contributed by atoms with Crippen molar-refractivity contribution in [1.82, 2.24) is 0 Å². The van der Waals surface area contributed by atoms with Crippen molar-refractivity contribution in [1.29, 1.82) is 0 Å². The standard InChI is InChI=1S/C11H10ClNO/c1-2-3-7-14-13-9-10-5-4-6-11(12)8-10/h1,4-6,8-9H,3,7H2. The van der Waals surface area contributed by atoms with Crippen LogP contribution in [0, 0.1) is 12.3 Å². The van der Waals surface area contributed by atoms with Crippen LogP contribution in [0.25, 0.3) is 0 Å². The molecule has 0 aromatic heterocycles. The second kappa shape index (κ2) is 6.06. The molecular weight excluding hydrogens is 198 g/mol. The van der Waals surface area contributed by atoms with E-state index < -0.39 is 0 Å². The van der Waals surface area contributed by atoms with Gasteiger partial charge in [-0.25, -0.2) is 0 Å². The van der Waals surface area contributed by atoms with Crippen LogP contribution in [0.3, 0.4) is 0 Å². The average Bonchev–Trinajstić information content (AvgIpc) is 2.18. The summed E-state index contributed by atoms with van der Waals surface area (Å²) in [6.07, 6.45) is 7.20. The van der Waals surface area contributed by atoms with Gasteiger partial charge in [0.15, 0.2) is 0 Å². The van der Waals surface area contributed by atoms with Crippen LogP contribution in [0.5, 0.6) is 0 Å². The highest BCUT2D eigenvalue weighted by molar-refractivity contribution is 6.30. The van der Waals surface area contributed by atoms with E-state index in [2.05, 4.69) is 11.1 Å². The number of hydrogen-bond acceptors (Lipinski definition) is 2. The molecule has 3 heteroatoms. The van der Waals surface area contributed by atoms with Crippen LogP contribution in [0.1, 0.15) is 12.0 Å². The second-order valence-electron chi connectivity index (χ2n) is 2.58. The van der Waals surface area contributed by atoms with E-state index in [-0.39, 0.29) is 0 Å². The van der Waals surface area contributed by atoms with Gasteiger partial charge in [-0.05, 0) is 17.7 Å². The molecule has 0 saturated carbocycles. The van der Waals surface area contributed by atoms with Gasteiger partial charge in [0, 0.05) is 11.4 Å². The zero-order valence-corrected chi connectivity index (χ0v) is 8.37. The quantitative estimate of drug-likeness (QED) is 0.322. The van der Waals surface area contributed by atoms with Gasteiger partial charge in [-0.15, -0.1) is 12.3 Å². The van der Waals surface area contributed by atoms with Gasteiger partial charge >= 0.3 is 0 Å². The highest BCUT2D eigenvalue weighted by atomic mass is 35.5. The molecule has 0 heterocycles. The molecule has 0 atom stereocenters. The lowest BCUT2D eigenvalue weighted by atomic mass is 10.2. The Balaban J connectivity index is 2.41. The van der Waals surface area contributed by atoms with E-state index in [1.54, 1.807) is 18.3 Å². The van der Waals surface area contributed by atoms with E-state index in [1.807, 2.05) is 12.1 Å². The average molecular weight is 208 g/mol. The number of terminal acetylenes is 1. The van der Waals surface area contributed by atoms with Crippen molar-refractivity contribution in [3.05, 3.63) is 34.9 Å². The summed E-state index contributed by atoms with van der Waals surface area (Å²) in [6, 6.07) is 7.35. The van der Waals surface area contributed by atoms with Gasteiger partial charge in [-0.3, -0.25) is 0 Å². The van der Waals surface area contributed by atoms with Gasteiger partial charge in [0.2, 0.25) is 0 Å². The molecule has 0 fully saturated rings. The Morgan fingerprint density at radius 2 is 2.43 bits per heavy atom. The molecule has 0 saturated heterocycles. The Labute approximate surface area is 88.5 Å². The molecule has 1 rings (SSSR count). The largest absolute Gasteiger partial charge is 0.395 e. The number of nitrogens with zero attached hydrogens (tertiary/aromatic N) is 1. The molecule has 0 bridgehead atoms. The topological polar surface area (TPSA) is 21.6 Å². The molecule has 0 N–H and O–H groups in total. The van der Waals surface area contributed by atoms with Crippen LogP contribution in [0.15, 0.2) is 29.4 Å². The van der Waals surface area contributed by atoms with Gasteiger partial charge in [0.25, 0.3) is 0 Å². The molecule has 72 valence electrons. The molecule has 0 aliphatic carbocycles. The van der Waals surface area contributed by atoms with E-state index in [0.717, 1.165) is 5.56 Å². The van der Waals surface area contributed by atoms with Gasteiger partial charge in [-0.1, -0.05) is 28.9 Å². The normalized spacial score (nSPS) is 10.0. The number of halogens is 1. The maximum absolute atomic E-state index is 5.78. The van der Waals surface area contributed by atoms with Crippen LogP contribution in [-0.2, 0) is 4.84 Å². The van der Waals surface area contributed by atoms with E-state index in [1.165, 1.54) is 0 Å². The molecule has 1 aromatic rings. The summed E-state index contributed by atoms with van der Waals surface area (Å²) in [7, 11) is 0. The summed E-state index contributed by atoms with van der Waals surface area (Å²) in [5.41, 5.74) is 0.901. The number of oxime groups is 1. The lowest BCUT2D eigenvalue weighted by Gasteiger charge is -1.95. The predicted octanol–water partition coefficient (Wildman–Crippen LogP) is 2.71. The van der Waals surface area contributed by atoms with Crippen molar-refractivity contribution in [2.24, 2.45) is 5.16 Å². The fraction of sp³-hybridized carbons (Fsp3) is 0.182. The Bertz CT molecular complexity index is 355. The minimum atomic E-state index is 0.438. The molecule has 14 heavy (non-hydrogen) atoms. The molecule has 0 amide bonds. The molecule has 0 aliphatic heterocycles. The molecule has 0 aliphatic rings. The third kappa shape index (κ3) is 3.97. The van der Waals surface area contributed by atoms with Crippen LogP contribution < -0.4 is 0 Å². The van der Waals surface area contributed by atoms with Crippen LogP contribution in [-0.4, -0.2) is 12.8 Å². The Morgan fingerprint density at radius 1 is 1.57 bits per heavy atom. The Hall–Kier alpha value is -1.46. The third-order valence-electron chi connectivity index (χ3n) is 1.46. The van der Waals surface area contributed by atoms with Crippen molar-refractivity contribution >= 4 is 17.8 Å². The van der Waals surface area contributed by atoms with Crippen LogP contribution >= 0.6 is 11.6 Å². The summed E-state index contributed by atoms with van der Waals surface area (Å²) in [4.78, 5) is 4.90. The van der Waals surface area contributed by atoms with E-state index in [4.69, 9.17) is 22.9 Å². The zero-order valence-electron chi connectivity index (χ0n) is 7.61. The lowest BCUT2D eigenvalue weighted by molar-refractivity contribution is 0.152. The summed E-state index contributed by atoms with van der Waals surface area (Å²) in [5, 5.41) is 4.42. The van der Waals surface area contributed by atoms with E-state index >= 15 is 0 Å². The molecule has 0 unspecified atom stereocenters. The molecular formula is C11H10ClNO. The lowest BCUT2D eigenvalue weighted by Crippen LogP contribution is -1.87. The summed E-state index contributed by atoms with van der Waals surface area (Å²) in [5.74, 6) is 2.46. The summed E-state index contributed by atoms with van der Waals surface area (Å²) < 4.78 is 0. The zero-order chi connectivity index (χ0) is 10.2. The number of benzene rings is 1. The minimum Gasteiger partial charge on any atom is -0.395 e. The first-order chi connectivity index (χ1) is 6.83. The second-order valence-corrected chi connectivity index (χ2v) is 3.01. The van der Waals surface area contributed by atoms with Crippen molar-refractivity contribution in [3.63, 3.8) is 0 Å². The highest BCUT2D eigenvalue weighted by Gasteiger charge is 1.89. The van der Waals surface area contributed by atoms with Crippen LogP contribution in [0.4, 0.5) is 0 Å². The predicted molar refractivity (Wildman–Crippen MR) is 58.4 cm³/mol. The number of hydrogen-bond donors (Lipinski definition) is 0. The molecule has 0 spiro atoms. The first kappa shape index (κ1) is 10.6. The first-order valence-electron chi connectivity index (χ1n) is 4.17. The summed E-state index contributed by atoms with van der Waals surface area (Å²) in [6.45, 7) is 0.438.